The van der Waals surface area contributed by atoms with Crippen LogP contribution in [0.4, 0.5) is 5.82 Å². The normalized spacial score (nSPS) is 16.3. The smallest absolute Gasteiger partial charge is 0.215 e. The summed E-state index contributed by atoms with van der Waals surface area (Å²) in [5, 5.41) is 6.70. The number of nitrogens with zero attached hydrogens (tertiary/aromatic N) is 4. The lowest BCUT2D eigenvalue weighted by atomic mass is 10.1. The van der Waals surface area contributed by atoms with Crippen LogP contribution in [0.2, 0.25) is 0 Å². The van der Waals surface area contributed by atoms with Crippen molar-refractivity contribution in [1.29, 1.82) is 0 Å². The average molecular weight is 425 g/mol. The molecule has 0 aliphatic carbocycles. The first kappa shape index (κ1) is 23.4. The van der Waals surface area contributed by atoms with Crippen LogP contribution in [0.3, 0.4) is 0 Å². The van der Waals surface area contributed by atoms with E-state index in [9.17, 15) is 8.42 Å². The van der Waals surface area contributed by atoms with Gasteiger partial charge in [0.05, 0.1) is 12.3 Å². The molecule has 1 saturated heterocycles. The molecule has 9 heteroatoms. The van der Waals surface area contributed by atoms with Crippen molar-refractivity contribution >= 4 is 21.8 Å². The lowest BCUT2D eigenvalue weighted by molar-refractivity contribution is 0.445. The molecule has 0 unspecified atom stereocenters. The molecule has 0 atom stereocenters. The average Bonchev–Trinajstić information content (AvgIpc) is 2.69. The van der Waals surface area contributed by atoms with E-state index in [1.165, 1.54) is 4.31 Å². The molecule has 0 bridgehead atoms. The number of pyridine rings is 1. The van der Waals surface area contributed by atoms with Crippen LogP contribution < -0.4 is 15.5 Å². The number of anilines is 1. The van der Waals surface area contributed by atoms with E-state index in [-0.39, 0.29) is 12.3 Å². The first-order chi connectivity index (χ1) is 13.9. The minimum Gasteiger partial charge on any atom is -0.357 e. The van der Waals surface area contributed by atoms with Gasteiger partial charge in [0.2, 0.25) is 10.0 Å². The molecule has 1 aliphatic heterocycles. The topological polar surface area (TPSA) is 89.9 Å². The fourth-order valence-electron chi connectivity index (χ4n) is 3.49. The number of guanidine groups is 1. The molecule has 0 aromatic carbocycles. The van der Waals surface area contributed by atoms with Gasteiger partial charge < -0.3 is 15.5 Å². The maximum Gasteiger partial charge on any atom is 0.215 e. The van der Waals surface area contributed by atoms with Gasteiger partial charge in [0.1, 0.15) is 5.82 Å². The standard InChI is InChI=1S/C20H36N6O2S/c1-5-21-20(22-13-16-29(27,28)26(6-2)7-3)24-18-11-14-25(15-12-18)19-10-8-9-17(4)23-19/h8-10,18H,5-7,11-16H2,1-4H3,(H2,21,22,24). The number of hydrogen-bond donors (Lipinski definition) is 2. The summed E-state index contributed by atoms with van der Waals surface area (Å²) in [7, 11) is -3.25. The van der Waals surface area contributed by atoms with Crippen molar-refractivity contribution in [2.24, 2.45) is 4.99 Å². The van der Waals surface area contributed by atoms with Gasteiger partial charge in [0, 0.05) is 44.5 Å². The van der Waals surface area contributed by atoms with Gasteiger partial charge in [0.25, 0.3) is 0 Å². The zero-order chi connectivity index (χ0) is 21.3. The molecule has 1 fully saturated rings. The predicted molar refractivity (Wildman–Crippen MR) is 120 cm³/mol. The molecule has 1 aromatic rings. The summed E-state index contributed by atoms with van der Waals surface area (Å²) in [4.78, 5) is 11.4. The largest absolute Gasteiger partial charge is 0.357 e. The highest BCUT2D eigenvalue weighted by molar-refractivity contribution is 7.89. The summed E-state index contributed by atoms with van der Waals surface area (Å²) in [5.74, 6) is 1.75. The molecular formula is C20H36N6O2S. The molecule has 1 aliphatic rings. The maximum absolute atomic E-state index is 12.3. The van der Waals surface area contributed by atoms with Gasteiger partial charge in [-0.05, 0) is 38.8 Å². The SMILES string of the molecule is CCNC(=NCCS(=O)(=O)N(CC)CC)NC1CCN(c2cccc(C)n2)CC1. The Kier molecular flexibility index (Phi) is 9.16. The van der Waals surface area contributed by atoms with Crippen LogP contribution in [0.15, 0.2) is 23.2 Å². The van der Waals surface area contributed by atoms with E-state index >= 15 is 0 Å². The van der Waals surface area contributed by atoms with E-state index in [1.807, 2.05) is 39.8 Å². The van der Waals surface area contributed by atoms with E-state index < -0.39 is 10.0 Å². The second-order valence-corrected chi connectivity index (χ2v) is 9.29. The number of nitrogens with one attached hydrogen (secondary N) is 2. The third kappa shape index (κ3) is 7.15. The van der Waals surface area contributed by atoms with Crippen LogP contribution in [-0.4, -0.2) is 74.7 Å². The van der Waals surface area contributed by atoms with Gasteiger partial charge >= 0.3 is 0 Å². The van der Waals surface area contributed by atoms with Gasteiger partial charge in [-0.15, -0.1) is 0 Å². The molecule has 0 radical (unpaired) electrons. The molecule has 29 heavy (non-hydrogen) atoms. The molecular weight excluding hydrogens is 388 g/mol. The van der Waals surface area contributed by atoms with Crippen LogP contribution in [0.1, 0.15) is 39.3 Å². The van der Waals surface area contributed by atoms with Crippen LogP contribution in [0, 0.1) is 6.92 Å². The Labute approximate surface area is 175 Å². The zero-order valence-electron chi connectivity index (χ0n) is 18.2. The highest BCUT2D eigenvalue weighted by Crippen LogP contribution is 2.18. The van der Waals surface area contributed by atoms with Crippen LogP contribution in [0.25, 0.3) is 0 Å². The Morgan fingerprint density at radius 2 is 1.93 bits per heavy atom. The Bertz CT molecular complexity index is 756. The monoisotopic (exact) mass is 424 g/mol. The van der Waals surface area contributed by atoms with Crippen molar-refractivity contribution < 1.29 is 8.42 Å². The Morgan fingerprint density at radius 1 is 1.24 bits per heavy atom. The van der Waals surface area contributed by atoms with Crippen molar-refractivity contribution in [2.75, 3.05) is 49.9 Å². The van der Waals surface area contributed by atoms with Crippen molar-refractivity contribution in [1.82, 2.24) is 19.9 Å². The van der Waals surface area contributed by atoms with Gasteiger partial charge in [-0.2, -0.15) is 0 Å². The quantitative estimate of drug-likeness (QED) is 0.462. The number of sulfonamides is 1. The fraction of sp³-hybridized carbons (Fsp3) is 0.700. The van der Waals surface area contributed by atoms with E-state index in [2.05, 4.69) is 31.6 Å². The fourth-order valence-corrected chi connectivity index (χ4v) is 4.86. The van der Waals surface area contributed by atoms with E-state index in [4.69, 9.17) is 0 Å². The second-order valence-electron chi connectivity index (χ2n) is 7.20. The summed E-state index contributed by atoms with van der Waals surface area (Å²) in [5.41, 5.74) is 1.03. The number of aryl methyl sites for hydroxylation is 1. The highest BCUT2D eigenvalue weighted by Gasteiger charge is 2.21. The van der Waals surface area contributed by atoms with E-state index in [0.717, 1.165) is 44.0 Å². The molecule has 0 amide bonds. The molecule has 2 N–H and O–H groups in total. The van der Waals surface area contributed by atoms with Gasteiger partial charge in [-0.25, -0.2) is 17.7 Å². The summed E-state index contributed by atoms with van der Waals surface area (Å²) in [6, 6.07) is 6.43. The first-order valence-electron chi connectivity index (χ1n) is 10.6. The first-order valence-corrected chi connectivity index (χ1v) is 12.2. The van der Waals surface area contributed by atoms with Crippen LogP contribution in [-0.2, 0) is 10.0 Å². The highest BCUT2D eigenvalue weighted by atomic mass is 32.2. The van der Waals surface area contributed by atoms with Gasteiger partial charge in [0.15, 0.2) is 5.96 Å². The molecule has 0 spiro atoms. The minimum absolute atomic E-state index is 0.0305. The third-order valence-electron chi connectivity index (χ3n) is 5.10. The molecule has 2 rings (SSSR count). The van der Waals surface area contributed by atoms with Crippen LogP contribution in [0.5, 0.6) is 0 Å². The molecule has 2 heterocycles. The van der Waals surface area contributed by atoms with Crippen molar-refractivity contribution in [3.63, 3.8) is 0 Å². The number of hydrogen-bond acceptors (Lipinski definition) is 5. The van der Waals surface area contributed by atoms with E-state index in [0.29, 0.717) is 25.1 Å². The number of rotatable bonds is 9. The van der Waals surface area contributed by atoms with Crippen molar-refractivity contribution in [3.05, 3.63) is 23.9 Å². The number of aromatic nitrogens is 1. The third-order valence-corrected chi connectivity index (χ3v) is 7.10. The predicted octanol–water partition coefficient (Wildman–Crippen LogP) is 1.59. The molecule has 8 nitrogen and oxygen atoms in total. The van der Waals surface area contributed by atoms with Crippen molar-refractivity contribution in [3.8, 4) is 0 Å². The van der Waals surface area contributed by atoms with E-state index in [1.54, 1.807) is 0 Å². The molecule has 164 valence electrons. The van der Waals surface area contributed by atoms with Gasteiger partial charge in [-0.3, -0.25) is 4.99 Å². The minimum atomic E-state index is -3.25. The summed E-state index contributed by atoms with van der Waals surface area (Å²) in [6.45, 7) is 11.6. The van der Waals surface area contributed by atoms with Crippen LogP contribution >= 0.6 is 0 Å². The summed E-state index contributed by atoms with van der Waals surface area (Å²) >= 11 is 0. The van der Waals surface area contributed by atoms with Gasteiger partial charge in [-0.1, -0.05) is 19.9 Å². The zero-order valence-corrected chi connectivity index (χ0v) is 19.0. The maximum atomic E-state index is 12.3. The lowest BCUT2D eigenvalue weighted by Gasteiger charge is -2.34. The lowest BCUT2D eigenvalue weighted by Crippen LogP contribution is -2.49. The Hall–Kier alpha value is -1.87. The van der Waals surface area contributed by atoms with Crippen molar-refractivity contribution in [2.45, 2.75) is 46.6 Å². The Balaban J connectivity index is 1.88. The molecule has 0 saturated carbocycles. The second kappa shape index (κ2) is 11.3. The summed E-state index contributed by atoms with van der Waals surface area (Å²) in [6.07, 6.45) is 1.97. The number of piperidine rings is 1. The number of aliphatic imine (C=N–C) groups is 1. The Morgan fingerprint density at radius 3 is 2.52 bits per heavy atom. The molecule has 1 aromatic heterocycles. The summed E-state index contributed by atoms with van der Waals surface area (Å²) < 4.78 is 26.1.